The molecule has 0 fully saturated rings. The van der Waals surface area contributed by atoms with E-state index in [0.29, 0.717) is 30.1 Å². The molecule has 0 amide bonds. The van der Waals surface area contributed by atoms with Crippen molar-refractivity contribution < 1.29 is 23.7 Å². The number of methoxy groups -OCH3 is 3. The molecular weight excluding hydrogens is 358 g/mol. The first-order valence-electron chi connectivity index (χ1n) is 9.44. The molecule has 0 saturated heterocycles. The summed E-state index contributed by atoms with van der Waals surface area (Å²) in [7, 11) is 4.49. The number of ether oxygens (including phenoxy) is 4. The van der Waals surface area contributed by atoms with Crippen LogP contribution < -0.4 is 19.5 Å². The van der Waals surface area contributed by atoms with Crippen molar-refractivity contribution in [3.05, 3.63) is 52.6 Å². The van der Waals surface area contributed by atoms with E-state index in [1.807, 2.05) is 25.1 Å². The van der Waals surface area contributed by atoms with Crippen LogP contribution in [-0.4, -0.2) is 47.0 Å². The summed E-state index contributed by atoms with van der Waals surface area (Å²) in [4.78, 5) is 12.6. The van der Waals surface area contributed by atoms with Crippen LogP contribution in [0.15, 0.2) is 30.3 Å². The molecule has 1 N–H and O–H groups in total. The molecule has 0 aromatic heterocycles. The normalized spacial score (nSPS) is 15.9. The van der Waals surface area contributed by atoms with Gasteiger partial charge in [0, 0.05) is 12.5 Å². The van der Waals surface area contributed by atoms with Gasteiger partial charge in [-0.1, -0.05) is 12.1 Å². The quantitative estimate of drug-likeness (QED) is 0.771. The third-order valence-electron chi connectivity index (χ3n) is 5.07. The Labute approximate surface area is 165 Å². The Hall–Kier alpha value is -2.73. The first kappa shape index (κ1) is 20.0. The van der Waals surface area contributed by atoms with Crippen LogP contribution in [0.2, 0.25) is 0 Å². The third-order valence-corrected chi connectivity index (χ3v) is 5.07. The number of fused-ring (bicyclic) bond motifs is 1. The molecule has 2 aromatic rings. The van der Waals surface area contributed by atoms with Crippen molar-refractivity contribution in [2.45, 2.75) is 19.3 Å². The maximum absolute atomic E-state index is 12.6. The van der Waals surface area contributed by atoms with Gasteiger partial charge in [0.25, 0.3) is 0 Å². The molecule has 1 atom stereocenters. The Morgan fingerprint density at radius 1 is 1.14 bits per heavy atom. The second-order valence-corrected chi connectivity index (χ2v) is 6.56. The third kappa shape index (κ3) is 3.78. The van der Waals surface area contributed by atoms with E-state index in [0.717, 1.165) is 35.5 Å². The van der Waals surface area contributed by atoms with E-state index in [4.69, 9.17) is 18.9 Å². The summed E-state index contributed by atoms with van der Waals surface area (Å²) >= 11 is 0. The Kier molecular flexibility index (Phi) is 6.41. The number of rotatable bonds is 6. The summed E-state index contributed by atoms with van der Waals surface area (Å²) in [5.74, 6) is 1.44. The van der Waals surface area contributed by atoms with Gasteiger partial charge in [-0.2, -0.15) is 0 Å². The Balaban J connectivity index is 2.16. The molecule has 0 spiro atoms. The zero-order chi connectivity index (χ0) is 20.1. The van der Waals surface area contributed by atoms with Crippen molar-refractivity contribution in [3.8, 4) is 17.2 Å². The highest BCUT2D eigenvalue weighted by molar-refractivity contribution is 5.96. The van der Waals surface area contributed by atoms with Gasteiger partial charge >= 0.3 is 5.97 Å². The highest BCUT2D eigenvalue weighted by Crippen LogP contribution is 2.41. The fourth-order valence-electron chi connectivity index (χ4n) is 3.78. The number of benzene rings is 2. The molecule has 28 heavy (non-hydrogen) atoms. The largest absolute Gasteiger partial charge is 0.494 e. The molecule has 6 nitrogen and oxygen atoms in total. The lowest BCUT2D eigenvalue weighted by atomic mass is 9.85. The minimum Gasteiger partial charge on any atom is -0.494 e. The van der Waals surface area contributed by atoms with Crippen molar-refractivity contribution in [2.75, 3.05) is 41.0 Å². The highest BCUT2D eigenvalue weighted by atomic mass is 16.5. The summed E-state index contributed by atoms with van der Waals surface area (Å²) in [6.45, 7) is 4.12. The Morgan fingerprint density at radius 2 is 1.89 bits per heavy atom. The van der Waals surface area contributed by atoms with Gasteiger partial charge < -0.3 is 24.3 Å². The molecule has 1 aliphatic rings. The molecule has 150 valence electrons. The van der Waals surface area contributed by atoms with E-state index in [-0.39, 0.29) is 5.92 Å². The fourth-order valence-corrected chi connectivity index (χ4v) is 3.78. The van der Waals surface area contributed by atoms with Gasteiger partial charge in [-0.25, -0.2) is 4.79 Å². The smallest absolute Gasteiger partial charge is 0.342 e. The van der Waals surface area contributed by atoms with E-state index in [1.54, 1.807) is 7.11 Å². The Morgan fingerprint density at radius 3 is 2.50 bits per heavy atom. The van der Waals surface area contributed by atoms with E-state index in [2.05, 4.69) is 17.4 Å². The van der Waals surface area contributed by atoms with Gasteiger partial charge in [-0.05, 0) is 54.8 Å². The zero-order valence-corrected chi connectivity index (χ0v) is 16.8. The molecule has 0 saturated carbocycles. The fraction of sp³-hybridized carbons (Fsp3) is 0.409. The van der Waals surface area contributed by atoms with Crippen molar-refractivity contribution in [1.82, 2.24) is 5.32 Å². The van der Waals surface area contributed by atoms with E-state index < -0.39 is 5.97 Å². The van der Waals surface area contributed by atoms with Crippen LogP contribution >= 0.6 is 0 Å². The lowest BCUT2D eigenvalue weighted by Crippen LogP contribution is -2.20. The second kappa shape index (κ2) is 8.97. The molecule has 0 bridgehead atoms. The zero-order valence-electron chi connectivity index (χ0n) is 16.8. The molecule has 3 rings (SSSR count). The predicted molar refractivity (Wildman–Crippen MR) is 107 cm³/mol. The molecular formula is C22H27NO5. The molecule has 0 aliphatic carbocycles. The summed E-state index contributed by atoms with van der Waals surface area (Å²) in [5.41, 5.74) is 3.57. The van der Waals surface area contributed by atoms with Gasteiger partial charge in [0.05, 0.1) is 27.9 Å². The average Bonchev–Trinajstić information content (AvgIpc) is 2.94. The maximum atomic E-state index is 12.6. The van der Waals surface area contributed by atoms with Crippen LogP contribution in [0, 0.1) is 0 Å². The summed E-state index contributed by atoms with van der Waals surface area (Å²) < 4.78 is 21.7. The maximum Gasteiger partial charge on any atom is 0.342 e. The van der Waals surface area contributed by atoms with Gasteiger partial charge in [0.15, 0.2) is 11.5 Å². The van der Waals surface area contributed by atoms with Crippen LogP contribution in [0.5, 0.6) is 17.2 Å². The second-order valence-electron chi connectivity index (χ2n) is 6.56. The summed E-state index contributed by atoms with van der Waals surface area (Å²) in [5, 5.41) is 3.48. The SMILES string of the molecule is CCOc1ccc(C2CNCCc3c2cc(OC)c(OC)c3C(=O)OC)cc1. The van der Waals surface area contributed by atoms with Gasteiger partial charge in [-0.15, -0.1) is 0 Å². The van der Waals surface area contributed by atoms with Crippen LogP contribution in [0.25, 0.3) is 0 Å². The first-order valence-corrected chi connectivity index (χ1v) is 9.44. The summed E-state index contributed by atoms with van der Waals surface area (Å²) in [6, 6.07) is 10.1. The van der Waals surface area contributed by atoms with Crippen molar-refractivity contribution in [3.63, 3.8) is 0 Å². The molecule has 1 aliphatic heterocycles. The van der Waals surface area contributed by atoms with Crippen molar-refractivity contribution in [2.24, 2.45) is 0 Å². The van der Waals surface area contributed by atoms with E-state index in [9.17, 15) is 4.79 Å². The number of nitrogens with one attached hydrogen (secondary N) is 1. The predicted octanol–water partition coefficient (Wildman–Crippen LogP) is 3.17. The van der Waals surface area contributed by atoms with Gasteiger partial charge in [0.1, 0.15) is 11.3 Å². The number of hydrogen-bond acceptors (Lipinski definition) is 6. The Bertz CT molecular complexity index is 832. The van der Waals surface area contributed by atoms with Crippen LogP contribution in [0.3, 0.4) is 0 Å². The minimum absolute atomic E-state index is 0.0661. The van der Waals surface area contributed by atoms with Crippen molar-refractivity contribution >= 4 is 5.97 Å². The molecule has 6 heteroatoms. The van der Waals surface area contributed by atoms with Gasteiger partial charge in [0.2, 0.25) is 0 Å². The van der Waals surface area contributed by atoms with Crippen molar-refractivity contribution in [1.29, 1.82) is 0 Å². The van der Waals surface area contributed by atoms with Crippen LogP contribution in [-0.2, 0) is 11.2 Å². The van der Waals surface area contributed by atoms with Crippen LogP contribution in [0.4, 0.5) is 0 Å². The lowest BCUT2D eigenvalue weighted by Gasteiger charge is -2.23. The van der Waals surface area contributed by atoms with Crippen LogP contribution in [0.1, 0.15) is 39.9 Å². The number of carbonyl (C=O) groups is 1. The average molecular weight is 385 g/mol. The van der Waals surface area contributed by atoms with Gasteiger partial charge in [-0.3, -0.25) is 0 Å². The standard InChI is InChI=1S/C22H27NO5/c1-5-28-15-8-6-14(7-9-15)18-13-23-11-10-16-17(18)12-19(25-2)21(26-3)20(16)22(24)27-4/h6-9,12,18,23H,5,10-11,13H2,1-4H3. The highest BCUT2D eigenvalue weighted by Gasteiger charge is 2.30. The first-order chi connectivity index (χ1) is 13.6. The lowest BCUT2D eigenvalue weighted by molar-refractivity contribution is 0.0595. The topological polar surface area (TPSA) is 66.0 Å². The molecule has 1 unspecified atom stereocenters. The number of carbonyl (C=O) groups excluding carboxylic acids is 1. The molecule has 2 aromatic carbocycles. The minimum atomic E-state index is -0.417. The number of esters is 1. The van der Waals surface area contributed by atoms with E-state index in [1.165, 1.54) is 14.2 Å². The number of hydrogen-bond donors (Lipinski definition) is 1. The summed E-state index contributed by atoms with van der Waals surface area (Å²) in [6.07, 6.45) is 0.702. The monoisotopic (exact) mass is 385 g/mol. The molecule has 0 radical (unpaired) electrons. The van der Waals surface area contributed by atoms with E-state index >= 15 is 0 Å². The molecule has 1 heterocycles.